The molecule has 0 aliphatic carbocycles. The van der Waals surface area contributed by atoms with Crippen molar-refractivity contribution >= 4 is 23.4 Å². The Morgan fingerprint density at radius 1 is 0.879 bits per heavy atom. The number of unbranched alkanes of at least 4 members (excludes halogenated alkanes) is 3. The summed E-state index contributed by atoms with van der Waals surface area (Å²) in [6.45, 7) is 5.51. The molecule has 7 heteroatoms. The van der Waals surface area contributed by atoms with Crippen LogP contribution in [-0.4, -0.2) is 77.4 Å². The lowest BCUT2D eigenvalue weighted by atomic mass is 9.85. The first kappa shape index (κ1) is 23.6. The minimum Gasteiger partial charge on any atom is -0.342 e. The molecule has 3 fully saturated rings. The molecular weight excluding hydrogens is 416 g/mol. The van der Waals surface area contributed by atoms with Crippen molar-refractivity contribution in [1.29, 1.82) is 0 Å². The molecule has 3 aliphatic heterocycles. The highest BCUT2D eigenvalue weighted by Gasteiger charge is 2.54. The number of anilines is 1. The van der Waals surface area contributed by atoms with Crippen LogP contribution >= 0.6 is 0 Å². The predicted octanol–water partition coefficient (Wildman–Crippen LogP) is 3.25. The Morgan fingerprint density at radius 2 is 1.55 bits per heavy atom. The Morgan fingerprint density at radius 3 is 2.21 bits per heavy atom. The summed E-state index contributed by atoms with van der Waals surface area (Å²) in [5.41, 5.74) is 0.326. The van der Waals surface area contributed by atoms with Crippen LogP contribution in [0.25, 0.3) is 0 Å². The molecule has 0 saturated carbocycles. The largest absolute Gasteiger partial charge is 0.342 e. The van der Waals surface area contributed by atoms with E-state index in [1.807, 2.05) is 40.1 Å². The van der Waals surface area contributed by atoms with E-state index in [2.05, 4.69) is 11.8 Å². The van der Waals surface area contributed by atoms with Crippen LogP contribution in [0.4, 0.5) is 5.69 Å². The molecule has 3 heterocycles. The van der Waals surface area contributed by atoms with Crippen LogP contribution in [0.15, 0.2) is 30.3 Å². The van der Waals surface area contributed by atoms with E-state index in [0.29, 0.717) is 39.0 Å². The van der Waals surface area contributed by atoms with Gasteiger partial charge in [-0.2, -0.15) is 0 Å². The van der Waals surface area contributed by atoms with E-state index in [1.54, 1.807) is 4.90 Å². The average molecular weight is 455 g/mol. The summed E-state index contributed by atoms with van der Waals surface area (Å²) < 4.78 is 0. The highest BCUT2D eigenvalue weighted by molar-refractivity contribution is 5.96. The summed E-state index contributed by atoms with van der Waals surface area (Å²) in [6, 6.07) is 10.0. The fraction of sp³-hybridized carbons (Fsp3) is 0.654. The Labute approximate surface area is 197 Å². The summed E-state index contributed by atoms with van der Waals surface area (Å²) in [4.78, 5) is 47.0. The summed E-state index contributed by atoms with van der Waals surface area (Å²) in [5, 5.41) is 0. The Kier molecular flexibility index (Phi) is 7.56. The normalized spacial score (nSPS) is 20.2. The topological polar surface area (TPSA) is 64.2 Å². The molecule has 4 rings (SSSR count). The van der Waals surface area contributed by atoms with E-state index < -0.39 is 5.54 Å². The van der Waals surface area contributed by atoms with Gasteiger partial charge in [0.15, 0.2) is 0 Å². The number of hydrogen-bond donors (Lipinski definition) is 0. The fourth-order valence-corrected chi connectivity index (χ4v) is 5.54. The van der Waals surface area contributed by atoms with E-state index in [-0.39, 0.29) is 24.3 Å². The monoisotopic (exact) mass is 454 g/mol. The molecule has 0 radical (unpaired) electrons. The molecule has 33 heavy (non-hydrogen) atoms. The molecule has 0 atom stereocenters. The smallest absolute Gasteiger partial charge is 0.250 e. The van der Waals surface area contributed by atoms with E-state index in [9.17, 15) is 14.4 Å². The summed E-state index contributed by atoms with van der Waals surface area (Å²) in [5.74, 6) is 0.290. The lowest BCUT2D eigenvalue weighted by Crippen LogP contribution is -2.57. The maximum atomic E-state index is 13.7. The summed E-state index contributed by atoms with van der Waals surface area (Å²) in [7, 11) is 0. The van der Waals surface area contributed by atoms with Crippen molar-refractivity contribution in [2.45, 2.75) is 70.3 Å². The minimum atomic E-state index is -0.675. The molecule has 0 aromatic heterocycles. The Balaban J connectivity index is 1.45. The van der Waals surface area contributed by atoms with Gasteiger partial charge in [-0.15, -0.1) is 0 Å². The van der Waals surface area contributed by atoms with Crippen LogP contribution in [0.1, 0.15) is 64.7 Å². The summed E-state index contributed by atoms with van der Waals surface area (Å²) >= 11 is 0. The first-order chi connectivity index (χ1) is 16.0. The van der Waals surface area contributed by atoms with Crippen molar-refractivity contribution in [2.24, 2.45) is 0 Å². The number of amides is 3. The molecule has 7 nitrogen and oxygen atoms in total. The quantitative estimate of drug-likeness (QED) is 0.566. The van der Waals surface area contributed by atoms with Gasteiger partial charge >= 0.3 is 0 Å². The number of carbonyl (C=O) groups is 3. The Hall–Kier alpha value is -2.57. The predicted molar refractivity (Wildman–Crippen MR) is 129 cm³/mol. The van der Waals surface area contributed by atoms with Gasteiger partial charge in [0.25, 0.3) is 5.91 Å². The van der Waals surface area contributed by atoms with E-state index in [1.165, 1.54) is 6.42 Å². The number of hydrogen-bond acceptors (Lipinski definition) is 4. The van der Waals surface area contributed by atoms with Crippen LogP contribution < -0.4 is 4.90 Å². The molecule has 3 saturated heterocycles. The zero-order valence-electron chi connectivity index (χ0n) is 20.0. The minimum absolute atomic E-state index is 0.0361. The first-order valence-corrected chi connectivity index (χ1v) is 12.7. The highest BCUT2D eigenvalue weighted by Crippen LogP contribution is 2.39. The third kappa shape index (κ3) is 5.02. The molecule has 180 valence electrons. The third-order valence-corrected chi connectivity index (χ3v) is 7.55. The van der Waals surface area contributed by atoms with Crippen LogP contribution in [0.5, 0.6) is 0 Å². The van der Waals surface area contributed by atoms with Crippen LogP contribution in [-0.2, 0) is 14.4 Å². The van der Waals surface area contributed by atoms with E-state index in [0.717, 1.165) is 50.9 Å². The van der Waals surface area contributed by atoms with Gasteiger partial charge in [0, 0.05) is 38.3 Å². The SMILES string of the molecule is CCCCCCC(=O)N1CCC2(CC1)C(=O)N(CC(=O)N1CCCC1)CN2c1ccccc1. The average Bonchev–Trinajstić information content (AvgIpc) is 3.47. The molecule has 1 aromatic carbocycles. The number of benzene rings is 1. The van der Waals surface area contributed by atoms with Gasteiger partial charge in [0.05, 0.1) is 6.67 Å². The van der Waals surface area contributed by atoms with Crippen molar-refractivity contribution in [3.63, 3.8) is 0 Å². The van der Waals surface area contributed by atoms with Crippen molar-refractivity contribution < 1.29 is 14.4 Å². The van der Waals surface area contributed by atoms with Gasteiger partial charge in [-0.3, -0.25) is 14.4 Å². The van der Waals surface area contributed by atoms with Crippen LogP contribution in [0, 0.1) is 0 Å². The van der Waals surface area contributed by atoms with Crippen molar-refractivity contribution in [3.05, 3.63) is 30.3 Å². The van der Waals surface area contributed by atoms with Gasteiger partial charge in [-0.25, -0.2) is 0 Å². The van der Waals surface area contributed by atoms with Crippen molar-refractivity contribution in [1.82, 2.24) is 14.7 Å². The zero-order valence-corrected chi connectivity index (χ0v) is 20.0. The third-order valence-electron chi connectivity index (χ3n) is 7.55. The van der Waals surface area contributed by atoms with Gasteiger partial charge in [0.2, 0.25) is 11.8 Å². The number of piperidine rings is 1. The lowest BCUT2D eigenvalue weighted by Gasteiger charge is -2.43. The molecule has 3 amide bonds. The number of para-hydroxylation sites is 1. The molecule has 0 N–H and O–H groups in total. The number of likely N-dealkylation sites (tertiary alicyclic amines) is 2. The first-order valence-electron chi connectivity index (χ1n) is 12.7. The highest BCUT2D eigenvalue weighted by atomic mass is 16.2. The molecule has 3 aliphatic rings. The lowest BCUT2D eigenvalue weighted by molar-refractivity contribution is -0.141. The molecular formula is C26H38N4O3. The second-order valence-corrected chi connectivity index (χ2v) is 9.72. The van der Waals surface area contributed by atoms with Crippen LogP contribution in [0.2, 0.25) is 0 Å². The van der Waals surface area contributed by atoms with Gasteiger partial charge in [0.1, 0.15) is 12.1 Å². The second kappa shape index (κ2) is 10.6. The maximum Gasteiger partial charge on any atom is 0.250 e. The number of carbonyl (C=O) groups excluding carboxylic acids is 3. The molecule has 0 unspecified atom stereocenters. The van der Waals surface area contributed by atoms with E-state index in [4.69, 9.17) is 0 Å². The molecule has 0 bridgehead atoms. The second-order valence-electron chi connectivity index (χ2n) is 9.72. The van der Waals surface area contributed by atoms with Crippen LogP contribution in [0.3, 0.4) is 0 Å². The fourth-order valence-electron chi connectivity index (χ4n) is 5.54. The molecule has 1 aromatic rings. The van der Waals surface area contributed by atoms with Gasteiger partial charge in [-0.1, -0.05) is 44.4 Å². The Bertz CT molecular complexity index is 829. The van der Waals surface area contributed by atoms with E-state index >= 15 is 0 Å². The number of nitrogens with zero attached hydrogens (tertiary/aromatic N) is 4. The van der Waals surface area contributed by atoms with Gasteiger partial charge < -0.3 is 19.6 Å². The van der Waals surface area contributed by atoms with Gasteiger partial charge in [-0.05, 0) is 44.2 Å². The summed E-state index contributed by atoms with van der Waals surface area (Å²) in [6.07, 6.45) is 8.27. The number of rotatable bonds is 8. The zero-order chi connectivity index (χ0) is 23.3. The maximum absolute atomic E-state index is 13.7. The van der Waals surface area contributed by atoms with Crippen molar-refractivity contribution in [2.75, 3.05) is 44.3 Å². The van der Waals surface area contributed by atoms with Crippen molar-refractivity contribution in [3.8, 4) is 0 Å². The standard InChI is InChI=1S/C26H38N4O3/c1-2-3-4-8-13-23(31)28-18-14-26(15-19-28)25(33)29(20-24(32)27-16-9-10-17-27)21-30(26)22-11-6-5-7-12-22/h5-7,11-12H,2-4,8-10,13-21H2,1H3. The molecule has 1 spiro atoms.